The van der Waals surface area contributed by atoms with Crippen LogP contribution in [0.15, 0.2) is 109 Å². The Bertz CT molecular complexity index is 3940. The summed E-state index contributed by atoms with van der Waals surface area (Å²) in [5.41, 5.74) is 4.15. The Morgan fingerprint density at radius 1 is 0.515 bits per heavy atom. The lowest BCUT2D eigenvalue weighted by atomic mass is 10.0. The molecule has 3 saturated heterocycles. The molecule has 97 heavy (non-hydrogen) atoms. The number of carboxylic acid groups (broad SMARTS) is 3. The Hall–Kier alpha value is -10.4. The van der Waals surface area contributed by atoms with Crippen molar-refractivity contribution in [3.8, 4) is 45.9 Å². The van der Waals surface area contributed by atoms with Gasteiger partial charge in [0.25, 0.3) is 23.7 Å². The fourth-order valence-electron chi connectivity index (χ4n) is 11.8. The minimum absolute atomic E-state index is 0.0297. The number of nitrogens with one attached hydrogen (secondary N) is 2. The van der Waals surface area contributed by atoms with Crippen LogP contribution in [-0.2, 0) is 28.8 Å². The molecule has 5 N–H and O–H groups in total. The lowest BCUT2D eigenvalue weighted by Gasteiger charge is -2.33. The van der Waals surface area contributed by atoms with Crippen LogP contribution in [0.4, 0.5) is 17.6 Å². The number of hydrogen-bond donors (Lipinski definition) is 5. The molecule has 0 radical (unpaired) electrons. The van der Waals surface area contributed by atoms with E-state index in [0.29, 0.717) is 50.9 Å². The highest BCUT2D eigenvalue weighted by atomic mass is 19.3. The lowest BCUT2D eigenvalue weighted by Crippen LogP contribution is -2.50. The van der Waals surface area contributed by atoms with E-state index in [4.69, 9.17) is 9.47 Å². The Balaban J connectivity index is 0.859. The molecule has 9 rings (SSSR count). The average Bonchev–Trinajstić information content (AvgIpc) is 1.71. The molecule has 5 heterocycles. The summed E-state index contributed by atoms with van der Waals surface area (Å²) in [7, 11) is 0. The van der Waals surface area contributed by atoms with Gasteiger partial charge in [-0.1, -0.05) is 36.4 Å². The Morgan fingerprint density at radius 2 is 0.887 bits per heavy atom. The highest BCUT2D eigenvalue weighted by molar-refractivity contribution is 6.09. The van der Waals surface area contributed by atoms with Gasteiger partial charge in [-0.05, 0) is 89.3 Å². The molecule has 0 unspecified atom stereocenters. The van der Waals surface area contributed by atoms with Crippen molar-refractivity contribution in [3.05, 3.63) is 121 Å². The monoisotopic (exact) mass is 1340 g/mol. The highest BCUT2D eigenvalue weighted by Crippen LogP contribution is 2.34. The van der Waals surface area contributed by atoms with E-state index >= 15 is 0 Å². The van der Waals surface area contributed by atoms with E-state index in [9.17, 15) is 81.8 Å². The molecule has 26 nitrogen and oxygen atoms in total. The fraction of sp³-hybridized carbons (Fsp3) is 0.403. The number of ether oxygens (including phenoxy) is 2. The normalized spacial score (nSPS) is 17.8. The number of carbonyl (C=O) groups excluding carboxylic acids is 5. The van der Waals surface area contributed by atoms with Crippen molar-refractivity contribution in [1.29, 1.82) is 10.5 Å². The second-order valence-corrected chi connectivity index (χ2v) is 23.8. The van der Waals surface area contributed by atoms with Crippen molar-refractivity contribution in [2.24, 2.45) is 0 Å². The van der Waals surface area contributed by atoms with Crippen LogP contribution in [0.2, 0.25) is 0 Å². The molecule has 0 aliphatic carbocycles. The smallest absolute Gasteiger partial charge is 0.317 e. The maximum atomic E-state index is 14.6. The number of carboxylic acids is 3. The van der Waals surface area contributed by atoms with Gasteiger partial charge in [0.05, 0.1) is 99.8 Å². The third-order valence-corrected chi connectivity index (χ3v) is 16.8. The first kappa shape index (κ1) is 70.9. The number of benzene rings is 4. The Labute approximate surface area is 554 Å². The van der Waals surface area contributed by atoms with Gasteiger partial charge in [0.2, 0.25) is 17.7 Å². The predicted molar refractivity (Wildman–Crippen MR) is 341 cm³/mol. The van der Waals surface area contributed by atoms with Crippen LogP contribution in [0.25, 0.3) is 44.1 Å². The van der Waals surface area contributed by atoms with Crippen molar-refractivity contribution in [3.63, 3.8) is 0 Å². The molecule has 510 valence electrons. The van der Waals surface area contributed by atoms with Crippen molar-refractivity contribution >= 4 is 69.2 Å². The van der Waals surface area contributed by atoms with Crippen molar-refractivity contribution in [1.82, 2.24) is 54.9 Å². The lowest BCUT2D eigenvalue weighted by molar-refractivity contribution is -0.140. The van der Waals surface area contributed by atoms with Gasteiger partial charge in [-0.25, -0.2) is 17.6 Å². The first-order chi connectivity index (χ1) is 46.4. The molecule has 0 saturated carbocycles. The molecule has 2 aromatic heterocycles. The molecule has 3 fully saturated rings. The predicted octanol–water partition coefficient (Wildman–Crippen LogP) is 4.25. The first-order valence-corrected chi connectivity index (χ1v) is 31.2. The third-order valence-electron chi connectivity index (χ3n) is 16.8. The molecular weight excluding hydrogens is 1270 g/mol. The van der Waals surface area contributed by atoms with Crippen LogP contribution in [-0.4, -0.2) is 262 Å². The summed E-state index contributed by atoms with van der Waals surface area (Å²) in [6.07, 6.45) is 1.62. The number of amides is 5. The van der Waals surface area contributed by atoms with Gasteiger partial charge in [0.15, 0.2) is 0 Å². The van der Waals surface area contributed by atoms with Gasteiger partial charge in [0.1, 0.15) is 30.2 Å². The Kier molecular flexibility index (Phi) is 23.7. The molecule has 3 aliphatic heterocycles. The summed E-state index contributed by atoms with van der Waals surface area (Å²) in [6.45, 7) is -2.16. The molecule has 0 bridgehead atoms. The van der Waals surface area contributed by atoms with Gasteiger partial charge < -0.3 is 50.1 Å². The number of halogens is 4. The largest absolute Gasteiger partial charge is 0.494 e. The molecule has 2 atom stereocenters. The van der Waals surface area contributed by atoms with E-state index in [1.807, 2.05) is 23.1 Å². The highest BCUT2D eigenvalue weighted by Gasteiger charge is 2.48. The van der Waals surface area contributed by atoms with E-state index in [2.05, 4.69) is 20.6 Å². The summed E-state index contributed by atoms with van der Waals surface area (Å²) in [5.74, 6) is -12.0. The number of aromatic nitrogens is 2. The minimum Gasteiger partial charge on any atom is -0.494 e. The molecule has 3 aliphatic rings. The van der Waals surface area contributed by atoms with E-state index in [1.165, 1.54) is 24.5 Å². The number of alkyl halides is 4. The number of carbonyl (C=O) groups is 8. The second kappa shape index (κ2) is 32.4. The molecule has 6 aromatic rings. The summed E-state index contributed by atoms with van der Waals surface area (Å²) in [4.78, 5) is 122. The average molecular weight is 1340 g/mol. The maximum Gasteiger partial charge on any atom is 0.317 e. The fourth-order valence-corrected chi connectivity index (χ4v) is 11.8. The van der Waals surface area contributed by atoms with Gasteiger partial charge in [-0.3, -0.25) is 67.9 Å². The van der Waals surface area contributed by atoms with E-state index in [0.717, 1.165) is 20.9 Å². The number of nitrogens with zero attached hydrogens (tertiary/aromatic N) is 11. The van der Waals surface area contributed by atoms with Gasteiger partial charge in [-0.15, -0.1) is 0 Å². The number of fused-ring (bicyclic) bond motifs is 2. The van der Waals surface area contributed by atoms with Crippen molar-refractivity contribution in [2.75, 3.05) is 131 Å². The number of rotatable bonds is 25. The third kappa shape index (κ3) is 19.6. The summed E-state index contributed by atoms with van der Waals surface area (Å²) in [5, 5.41) is 53.8. The van der Waals surface area contributed by atoms with Crippen LogP contribution in [0.3, 0.4) is 0 Å². The zero-order valence-electron chi connectivity index (χ0n) is 52.7. The van der Waals surface area contributed by atoms with Gasteiger partial charge in [0, 0.05) is 94.9 Å². The van der Waals surface area contributed by atoms with Crippen LogP contribution in [0.5, 0.6) is 11.5 Å². The second-order valence-electron chi connectivity index (χ2n) is 23.8. The molecular formula is C67H71F4N13O13. The van der Waals surface area contributed by atoms with Crippen LogP contribution in [0, 0.1) is 22.7 Å². The zero-order valence-corrected chi connectivity index (χ0v) is 52.7. The molecule has 4 aromatic carbocycles. The van der Waals surface area contributed by atoms with E-state index in [1.54, 1.807) is 98.5 Å². The quantitative estimate of drug-likeness (QED) is 0.0395. The number of likely N-dealkylation sites (tertiary alicyclic amines) is 2. The topological polar surface area (TPSA) is 336 Å². The van der Waals surface area contributed by atoms with Crippen LogP contribution in [0.1, 0.15) is 40.0 Å². The number of aliphatic carboxylic acids is 3. The van der Waals surface area contributed by atoms with Crippen LogP contribution >= 0.6 is 0 Å². The number of nitriles is 2. The first-order valence-electron chi connectivity index (χ1n) is 31.2. The number of hydrogen-bond acceptors (Lipinski definition) is 18. The number of pyridine rings is 2. The van der Waals surface area contributed by atoms with Crippen LogP contribution < -0.4 is 20.1 Å². The standard InChI is InChI=1S/C67H71F4N13O13/c68-66(69)32-48(34-72)83(42-66)58(85)36-76-64(94)52-14-16-74-56-12-6-46(30-54(52)56)44-2-8-50(9-3-44)96-28-1-18-82(60(87)38-78-19-21-79(39-61(88)89)23-25-81(41-63(92)93)26-24-80(22-20-78)40-62(90)91)27-29-97-51-10-4-45(5-11-51)47-7-13-57-55(31-47)53(15-17-75-57)65(95)77-37-59(86)84-43-67(70,71)33-49(84)35-73/h2-17,30-31,48-49H,1,18-29,32-33,36-43H2,(H,76,94)(H,77,95)(H,88,89)(H,90,91)(H,92,93)/t48-,49-/m0/s1. The van der Waals surface area contributed by atoms with Crippen molar-refractivity contribution < 1.29 is 80.7 Å². The summed E-state index contributed by atoms with van der Waals surface area (Å²) in [6, 6.07) is 28.5. The van der Waals surface area contributed by atoms with Gasteiger partial charge >= 0.3 is 17.9 Å². The van der Waals surface area contributed by atoms with Gasteiger partial charge in [-0.2, -0.15) is 10.5 Å². The molecule has 5 amide bonds. The van der Waals surface area contributed by atoms with E-state index in [-0.39, 0.29) is 122 Å². The van der Waals surface area contributed by atoms with Crippen molar-refractivity contribution in [2.45, 2.75) is 43.2 Å². The molecule has 30 heteroatoms. The Morgan fingerprint density at radius 3 is 1.27 bits per heavy atom. The summed E-state index contributed by atoms with van der Waals surface area (Å²) < 4.78 is 68.6. The zero-order chi connectivity index (χ0) is 69.4. The maximum absolute atomic E-state index is 14.6. The van der Waals surface area contributed by atoms with E-state index < -0.39 is 104 Å². The SMILES string of the molecule is N#C[C@@H]1CC(F)(F)CN1C(=O)CNC(=O)c1ccnc2ccc(-c3ccc(OCCCN(CCOc4ccc(-c5ccc6nccc(C(=O)NCC(=O)N7CC(F)(F)C[C@H]7C#N)c6c5)cc4)C(=O)CN4CCN(CC(=O)O)CCN(CC(=O)O)CCN(CC(=O)O)CC4)cc3)cc12. The molecule has 0 spiro atoms. The minimum atomic E-state index is -3.22. The summed E-state index contributed by atoms with van der Waals surface area (Å²) >= 11 is 0.